The molecule has 0 saturated heterocycles. The van der Waals surface area contributed by atoms with E-state index in [4.69, 9.17) is 21.1 Å². The van der Waals surface area contributed by atoms with Crippen LogP contribution < -0.4 is 14.8 Å². The minimum absolute atomic E-state index is 0.0316. The maximum atomic E-state index is 12.2. The van der Waals surface area contributed by atoms with Gasteiger partial charge in [0.2, 0.25) is 5.91 Å². The van der Waals surface area contributed by atoms with Crippen molar-refractivity contribution in [3.63, 3.8) is 0 Å². The summed E-state index contributed by atoms with van der Waals surface area (Å²) in [5.41, 5.74) is 1.71. The molecule has 0 bridgehead atoms. The molecule has 0 fully saturated rings. The zero-order valence-electron chi connectivity index (χ0n) is 15.1. The van der Waals surface area contributed by atoms with E-state index in [1.54, 1.807) is 26.4 Å². The molecule has 0 saturated carbocycles. The highest BCUT2D eigenvalue weighted by atomic mass is 35.5. The van der Waals surface area contributed by atoms with Crippen LogP contribution in [0.4, 0.5) is 0 Å². The van der Waals surface area contributed by atoms with Crippen molar-refractivity contribution in [2.24, 2.45) is 0 Å². The summed E-state index contributed by atoms with van der Waals surface area (Å²) in [5.74, 6) is 1.33. The molecule has 0 unspecified atom stereocenters. The lowest BCUT2D eigenvalue weighted by Crippen LogP contribution is -2.37. The molecule has 134 valence electrons. The molecule has 0 aliphatic carbocycles. The maximum absolute atomic E-state index is 12.2. The van der Waals surface area contributed by atoms with E-state index >= 15 is 0 Å². The van der Waals surface area contributed by atoms with Gasteiger partial charge in [-0.2, -0.15) is 0 Å². The monoisotopic (exact) mass is 361 g/mol. The zero-order valence-corrected chi connectivity index (χ0v) is 15.8. The van der Waals surface area contributed by atoms with E-state index in [0.29, 0.717) is 29.5 Å². The van der Waals surface area contributed by atoms with Gasteiger partial charge in [0.05, 0.1) is 20.6 Å². The van der Waals surface area contributed by atoms with Crippen molar-refractivity contribution in [2.45, 2.75) is 25.7 Å². The Morgan fingerprint density at radius 1 is 1.08 bits per heavy atom. The minimum atomic E-state index is -0.246. The van der Waals surface area contributed by atoms with Crippen molar-refractivity contribution < 1.29 is 14.3 Å². The van der Waals surface area contributed by atoms with E-state index in [0.717, 1.165) is 11.1 Å². The number of amides is 1. The van der Waals surface area contributed by atoms with Crippen molar-refractivity contribution >= 4 is 17.5 Å². The Balaban J connectivity index is 2.02. The van der Waals surface area contributed by atoms with Crippen LogP contribution in [0.2, 0.25) is 5.02 Å². The normalized spacial score (nSPS) is 11.1. The molecular weight excluding hydrogens is 338 g/mol. The summed E-state index contributed by atoms with van der Waals surface area (Å²) >= 11 is 5.96. The van der Waals surface area contributed by atoms with Gasteiger partial charge in [-0.15, -0.1) is 0 Å². The second-order valence-electron chi connectivity index (χ2n) is 6.54. The van der Waals surface area contributed by atoms with E-state index in [1.807, 2.05) is 30.3 Å². The number of rotatable bonds is 7. The van der Waals surface area contributed by atoms with Crippen LogP contribution in [0.1, 0.15) is 25.0 Å². The number of methoxy groups -OCH3 is 2. The number of hydrogen-bond donors (Lipinski definition) is 1. The number of carbonyl (C=O) groups excluding carboxylic acids is 1. The minimum Gasteiger partial charge on any atom is -0.493 e. The first-order valence-electron chi connectivity index (χ1n) is 8.09. The largest absolute Gasteiger partial charge is 0.493 e. The summed E-state index contributed by atoms with van der Waals surface area (Å²) in [6.45, 7) is 4.67. The van der Waals surface area contributed by atoms with Crippen LogP contribution in [-0.4, -0.2) is 26.7 Å². The second-order valence-corrected chi connectivity index (χ2v) is 6.97. The van der Waals surface area contributed by atoms with Gasteiger partial charge in [-0.3, -0.25) is 4.79 Å². The van der Waals surface area contributed by atoms with E-state index in [2.05, 4.69) is 19.2 Å². The Labute approximate surface area is 154 Å². The smallest absolute Gasteiger partial charge is 0.224 e. The summed E-state index contributed by atoms with van der Waals surface area (Å²) < 4.78 is 10.6. The van der Waals surface area contributed by atoms with Crippen LogP contribution in [0.5, 0.6) is 11.5 Å². The van der Waals surface area contributed by atoms with Crippen LogP contribution in [0, 0.1) is 0 Å². The van der Waals surface area contributed by atoms with E-state index in [9.17, 15) is 4.79 Å². The SMILES string of the molecule is COc1ccc(C(C)(C)CNC(=O)Cc2cccc(Cl)c2)cc1OC. The predicted molar refractivity (Wildman–Crippen MR) is 101 cm³/mol. The molecule has 4 nitrogen and oxygen atoms in total. The van der Waals surface area contributed by atoms with Gasteiger partial charge < -0.3 is 14.8 Å². The van der Waals surface area contributed by atoms with Crippen LogP contribution in [0.3, 0.4) is 0 Å². The summed E-state index contributed by atoms with van der Waals surface area (Å²) in [5, 5.41) is 3.64. The lowest BCUT2D eigenvalue weighted by atomic mass is 9.84. The van der Waals surface area contributed by atoms with Crippen LogP contribution in [0.25, 0.3) is 0 Å². The molecule has 0 aliphatic heterocycles. The fraction of sp³-hybridized carbons (Fsp3) is 0.350. The second kappa shape index (κ2) is 8.26. The number of nitrogens with one attached hydrogen (secondary N) is 1. The van der Waals surface area contributed by atoms with Crippen molar-refractivity contribution in [2.75, 3.05) is 20.8 Å². The number of ether oxygens (including phenoxy) is 2. The van der Waals surface area contributed by atoms with Gasteiger partial charge in [-0.25, -0.2) is 0 Å². The number of hydrogen-bond acceptors (Lipinski definition) is 3. The highest BCUT2D eigenvalue weighted by molar-refractivity contribution is 6.30. The fourth-order valence-corrected chi connectivity index (χ4v) is 2.79. The van der Waals surface area contributed by atoms with E-state index in [1.165, 1.54) is 0 Å². The topological polar surface area (TPSA) is 47.6 Å². The van der Waals surface area contributed by atoms with Crippen molar-refractivity contribution in [1.29, 1.82) is 0 Å². The summed E-state index contributed by atoms with van der Waals surface area (Å²) in [6, 6.07) is 13.2. The van der Waals surface area contributed by atoms with Crippen LogP contribution in [-0.2, 0) is 16.6 Å². The lowest BCUT2D eigenvalue weighted by molar-refractivity contribution is -0.120. The lowest BCUT2D eigenvalue weighted by Gasteiger charge is -2.26. The molecular formula is C20H24ClNO3. The predicted octanol–water partition coefficient (Wildman–Crippen LogP) is 3.99. The van der Waals surface area contributed by atoms with Gasteiger partial charge in [0.15, 0.2) is 11.5 Å². The van der Waals surface area contributed by atoms with Crippen molar-refractivity contribution in [3.8, 4) is 11.5 Å². The third-order valence-electron chi connectivity index (χ3n) is 4.15. The Kier molecular flexibility index (Phi) is 6.32. The molecule has 0 aliphatic rings. The quantitative estimate of drug-likeness (QED) is 0.811. The van der Waals surface area contributed by atoms with Crippen LogP contribution >= 0.6 is 11.6 Å². The third kappa shape index (κ3) is 5.13. The summed E-state index contributed by atoms with van der Waals surface area (Å²) in [6.07, 6.45) is 0.308. The molecule has 0 aromatic heterocycles. The number of halogens is 1. The van der Waals surface area contributed by atoms with Crippen molar-refractivity contribution in [3.05, 3.63) is 58.6 Å². The average Bonchev–Trinajstić information content (AvgIpc) is 2.59. The standard InChI is InChI=1S/C20H24ClNO3/c1-20(2,15-8-9-17(24-3)18(12-15)25-4)13-22-19(23)11-14-6-5-7-16(21)10-14/h5-10,12H,11,13H2,1-4H3,(H,22,23). The molecule has 1 amide bonds. The maximum Gasteiger partial charge on any atom is 0.224 e. The Morgan fingerprint density at radius 2 is 1.80 bits per heavy atom. The Hall–Kier alpha value is -2.20. The highest BCUT2D eigenvalue weighted by Gasteiger charge is 2.23. The van der Waals surface area contributed by atoms with Crippen LogP contribution in [0.15, 0.2) is 42.5 Å². The average molecular weight is 362 g/mol. The molecule has 0 radical (unpaired) electrons. The Bertz CT molecular complexity index is 743. The first-order chi connectivity index (χ1) is 11.9. The first kappa shape index (κ1) is 19.1. The van der Waals surface area contributed by atoms with Gasteiger partial charge in [-0.1, -0.05) is 43.6 Å². The van der Waals surface area contributed by atoms with Gasteiger partial charge >= 0.3 is 0 Å². The Morgan fingerprint density at radius 3 is 2.44 bits per heavy atom. The fourth-order valence-electron chi connectivity index (χ4n) is 2.57. The molecule has 0 heterocycles. The summed E-state index contributed by atoms with van der Waals surface area (Å²) in [7, 11) is 3.22. The van der Waals surface area contributed by atoms with Gasteiger partial charge in [0.1, 0.15) is 0 Å². The van der Waals surface area contributed by atoms with E-state index < -0.39 is 0 Å². The molecule has 0 atom stereocenters. The zero-order chi connectivity index (χ0) is 18.4. The van der Waals surface area contributed by atoms with Gasteiger partial charge in [-0.05, 0) is 35.4 Å². The molecule has 1 N–H and O–H groups in total. The molecule has 2 aromatic rings. The van der Waals surface area contributed by atoms with Gasteiger partial charge in [0.25, 0.3) is 0 Å². The molecule has 2 aromatic carbocycles. The van der Waals surface area contributed by atoms with Crippen molar-refractivity contribution in [1.82, 2.24) is 5.32 Å². The first-order valence-corrected chi connectivity index (χ1v) is 8.47. The third-order valence-corrected chi connectivity index (χ3v) is 4.38. The number of carbonyl (C=O) groups is 1. The number of benzene rings is 2. The summed E-state index contributed by atoms with van der Waals surface area (Å²) in [4.78, 5) is 12.2. The molecule has 5 heteroatoms. The molecule has 2 rings (SSSR count). The molecule has 0 spiro atoms. The molecule has 25 heavy (non-hydrogen) atoms. The van der Waals surface area contributed by atoms with E-state index in [-0.39, 0.29) is 11.3 Å². The van der Waals surface area contributed by atoms with Gasteiger partial charge in [0, 0.05) is 17.0 Å². The highest BCUT2D eigenvalue weighted by Crippen LogP contribution is 2.32.